The Hall–Kier alpha value is -2.42. The normalized spacial score (nSPS) is 16.0. The van der Waals surface area contributed by atoms with Crippen LogP contribution in [0.1, 0.15) is 37.1 Å². The Morgan fingerprint density at radius 1 is 1.38 bits per heavy atom. The van der Waals surface area contributed by atoms with Gasteiger partial charge in [-0.25, -0.2) is 0 Å². The third-order valence-electron chi connectivity index (χ3n) is 4.80. The summed E-state index contributed by atoms with van der Waals surface area (Å²) < 4.78 is 2.09. The molecule has 1 aromatic carbocycles. The molecule has 0 bridgehead atoms. The number of nitrogens with zero attached hydrogens (tertiary/aromatic N) is 5. The lowest BCUT2D eigenvalue weighted by atomic mass is 10.1. The van der Waals surface area contributed by atoms with Gasteiger partial charge in [-0.05, 0) is 37.8 Å². The predicted octanol–water partition coefficient (Wildman–Crippen LogP) is 2.77. The number of benzene rings is 1. The summed E-state index contributed by atoms with van der Waals surface area (Å²) in [5.74, 6) is 1.82. The van der Waals surface area contributed by atoms with Crippen molar-refractivity contribution in [2.24, 2.45) is 0 Å². The van der Waals surface area contributed by atoms with Crippen molar-refractivity contribution in [2.75, 3.05) is 17.2 Å². The van der Waals surface area contributed by atoms with Crippen LogP contribution >= 0.6 is 11.8 Å². The van der Waals surface area contributed by atoms with Crippen molar-refractivity contribution >= 4 is 29.0 Å². The number of hydrogen-bond acceptors (Lipinski definition) is 6. The Labute approximate surface area is 154 Å². The van der Waals surface area contributed by atoms with E-state index in [2.05, 4.69) is 21.7 Å². The van der Waals surface area contributed by atoms with E-state index >= 15 is 0 Å². The fourth-order valence-corrected chi connectivity index (χ4v) is 4.20. The van der Waals surface area contributed by atoms with Gasteiger partial charge in [0.15, 0.2) is 5.16 Å². The molecule has 0 spiro atoms. The van der Waals surface area contributed by atoms with Crippen LogP contribution in [0.3, 0.4) is 0 Å². The summed E-state index contributed by atoms with van der Waals surface area (Å²) in [6, 6.07) is 4.68. The van der Waals surface area contributed by atoms with Crippen molar-refractivity contribution in [3.8, 4) is 0 Å². The first kappa shape index (κ1) is 17.0. The monoisotopic (exact) mass is 373 g/mol. The van der Waals surface area contributed by atoms with Crippen LogP contribution in [0.15, 0.2) is 23.4 Å². The molecule has 0 N–H and O–H groups in total. The molecule has 2 aliphatic rings. The number of nitro groups is 1. The van der Waals surface area contributed by atoms with Gasteiger partial charge in [0.2, 0.25) is 5.91 Å². The van der Waals surface area contributed by atoms with Gasteiger partial charge in [-0.1, -0.05) is 11.8 Å². The Morgan fingerprint density at radius 2 is 2.19 bits per heavy atom. The summed E-state index contributed by atoms with van der Waals surface area (Å²) in [6.07, 6.45) is 2.97. The third kappa shape index (κ3) is 3.07. The van der Waals surface area contributed by atoms with E-state index in [4.69, 9.17) is 0 Å². The van der Waals surface area contributed by atoms with Crippen molar-refractivity contribution in [1.82, 2.24) is 14.8 Å². The number of carbonyl (C=O) groups is 1. The van der Waals surface area contributed by atoms with E-state index in [0.717, 1.165) is 28.8 Å². The molecule has 2 heterocycles. The molecule has 1 amide bonds. The molecule has 2 aromatic rings. The molecule has 1 saturated carbocycles. The van der Waals surface area contributed by atoms with E-state index in [0.29, 0.717) is 18.9 Å². The number of anilines is 1. The Bertz CT molecular complexity index is 877. The van der Waals surface area contributed by atoms with E-state index in [9.17, 15) is 14.9 Å². The van der Waals surface area contributed by atoms with Gasteiger partial charge in [-0.15, -0.1) is 10.2 Å². The number of rotatable bonds is 6. The molecule has 1 aliphatic carbocycles. The van der Waals surface area contributed by atoms with Crippen LogP contribution in [-0.2, 0) is 17.8 Å². The molecule has 0 radical (unpaired) electrons. The second-order valence-corrected chi connectivity index (χ2v) is 7.46. The van der Waals surface area contributed by atoms with Gasteiger partial charge >= 0.3 is 0 Å². The van der Waals surface area contributed by atoms with Crippen LogP contribution in [0.2, 0.25) is 0 Å². The highest BCUT2D eigenvalue weighted by atomic mass is 32.2. The summed E-state index contributed by atoms with van der Waals surface area (Å²) in [5, 5.41) is 20.2. The lowest BCUT2D eigenvalue weighted by Gasteiger charge is -2.17. The number of thioether (sulfide) groups is 1. The molecule has 26 heavy (non-hydrogen) atoms. The molecule has 4 rings (SSSR count). The number of non-ortho nitro benzene ring substituents is 1. The molecule has 1 fully saturated rings. The van der Waals surface area contributed by atoms with Crippen LogP contribution in [0.4, 0.5) is 11.4 Å². The van der Waals surface area contributed by atoms with Crippen LogP contribution in [0, 0.1) is 10.1 Å². The van der Waals surface area contributed by atoms with Crippen molar-refractivity contribution in [3.63, 3.8) is 0 Å². The first-order chi connectivity index (χ1) is 12.6. The topological polar surface area (TPSA) is 94.2 Å². The van der Waals surface area contributed by atoms with Crippen molar-refractivity contribution in [3.05, 3.63) is 39.7 Å². The average Bonchev–Trinajstić information content (AvgIpc) is 3.26. The lowest BCUT2D eigenvalue weighted by molar-refractivity contribution is -0.384. The van der Waals surface area contributed by atoms with E-state index in [1.165, 1.54) is 30.7 Å². The zero-order chi connectivity index (χ0) is 18.3. The number of carbonyl (C=O) groups excluding carboxylic acids is 1. The average molecular weight is 373 g/mol. The molecular weight excluding hydrogens is 354 g/mol. The molecule has 1 aromatic heterocycles. The van der Waals surface area contributed by atoms with Gasteiger partial charge in [0.1, 0.15) is 5.82 Å². The fraction of sp³-hybridized carbons (Fsp3) is 0.471. The summed E-state index contributed by atoms with van der Waals surface area (Å²) in [7, 11) is 0. The quantitative estimate of drug-likeness (QED) is 0.439. The Morgan fingerprint density at radius 3 is 2.88 bits per heavy atom. The summed E-state index contributed by atoms with van der Waals surface area (Å²) in [4.78, 5) is 24.9. The van der Waals surface area contributed by atoms with Crippen molar-refractivity contribution in [1.29, 1.82) is 0 Å². The minimum Gasteiger partial charge on any atom is -0.311 e. The Balaban J connectivity index is 1.45. The van der Waals surface area contributed by atoms with E-state index in [1.54, 1.807) is 17.0 Å². The van der Waals surface area contributed by atoms with Gasteiger partial charge in [-0.3, -0.25) is 14.9 Å². The maximum absolute atomic E-state index is 12.7. The van der Waals surface area contributed by atoms with Gasteiger partial charge in [0.05, 0.1) is 10.7 Å². The van der Waals surface area contributed by atoms with E-state index < -0.39 is 4.92 Å². The molecule has 0 unspecified atom stereocenters. The second-order valence-electron chi connectivity index (χ2n) is 6.51. The largest absolute Gasteiger partial charge is 0.311 e. The van der Waals surface area contributed by atoms with Crippen LogP contribution in [0.25, 0.3) is 0 Å². The Kier molecular flexibility index (Phi) is 4.39. The number of nitro benzene ring substituents is 1. The smallest absolute Gasteiger partial charge is 0.269 e. The predicted molar refractivity (Wildman–Crippen MR) is 97.5 cm³/mol. The zero-order valence-corrected chi connectivity index (χ0v) is 15.2. The van der Waals surface area contributed by atoms with Gasteiger partial charge in [0, 0.05) is 36.8 Å². The highest BCUT2D eigenvalue weighted by Crippen LogP contribution is 2.40. The van der Waals surface area contributed by atoms with Crippen molar-refractivity contribution < 1.29 is 9.72 Å². The maximum atomic E-state index is 12.7. The molecule has 9 heteroatoms. The van der Waals surface area contributed by atoms with Crippen molar-refractivity contribution in [2.45, 2.75) is 43.8 Å². The molecule has 1 aliphatic heterocycles. The lowest BCUT2D eigenvalue weighted by Crippen LogP contribution is -2.30. The highest BCUT2D eigenvalue weighted by Gasteiger charge is 2.31. The minimum atomic E-state index is -0.407. The van der Waals surface area contributed by atoms with E-state index in [-0.39, 0.29) is 17.3 Å². The number of aromatic nitrogens is 3. The third-order valence-corrected chi connectivity index (χ3v) is 5.75. The fourth-order valence-electron chi connectivity index (χ4n) is 3.31. The van der Waals surface area contributed by atoms with Crippen LogP contribution < -0.4 is 4.90 Å². The van der Waals surface area contributed by atoms with Crippen LogP contribution in [-0.4, -0.2) is 37.9 Å². The first-order valence-corrected chi connectivity index (χ1v) is 9.70. The number of fused-ring (bicyclic) bond motifs is 1. The molecule has 0 saturated heterocycles. The summed E-state index contributed by atoms with van der Waals surface area (Å²) in [5.41, 5.74) is 1.69. The standard InChI is InChI=1S/C17H19N5O3S/c1-2-20-16(11-3-4-11)18-19-17(20)26-10-15(23)21-8-7-12-9-13(22(24)25)5-6-14(12)21/h5-6,9,11H,2-4,7-8,10H2,1H3. The SMILES string of the molecule is CCn1c(SCC(=O)N2CCc3cc([N+](=O)[O-])ccc32)nnc1C1CC1. The molecule has 0 atom stereocenters. The minimum absolute atomic E-state index is 0.0128. The van der Waals surface area contributed by atoms with Crippen LogP contribution in [0.5, 0.6) is 0 Å². The zero-order valence-electron chi connectivity index (χ0n) is 14.4. The molecule has 8 nitrogen and oxygen atoms in total. The van der Waals surface area contributed by atoms with Gasteiger partial charge < -0.3 is 9.47 Å². The number of hydrogen-bond donors (Lipinski definition) is 0. The summed E-state index contributed by atoms with van der Waals surface area (Å²) in [6.45, 7) is 3.42. The maximum Gasteiger partial charge on any atom is 0.269 e. The van der Waals surface area contributed by atoms with Gasteiger partial charge in [-0.2, -0.15) is 0 Å². The second kappa shape index (κ2) is 6.71. The van der Waals surface area contributed by atoms with E-state index in [1.807, 2.05) is 0 Å². The highest BCUT2D eigenvalue weighted by molar-refractivity contribution is 7.99. The molecule has 136 valence electrons. The summed E-state index contributed by atoms with van der Waals surface area (Å²) >= 11 is 1.41. The van der Waals surface area contributed by atoms with Gasteiger partial charge in [0.25, 0.3) is 5.69 Å². The first-order valence-electron chi connectivity index (χ1n) is 8.72. The number of amides is 1. The molecular formula is C17H19N5O3S.